The Hall–Kier alpha value is -5.15. The number of hydrogen-bond donors (Lipinski definition) is 4. The number of amides is 2. The quantitative estimate of drug-likeness (QED) is 0.199. The van der Waals surface area contributed by atoms with Crippen LogP contribution in [0, 0.1) is 5.82 Å². The summed E-state index contributed by atoms with van der Waals surface area (Å²) in [7, 11) is 0. The number of hydrogen-bond acceptors (Lipinski definition) is 5. The third-order valence-electron chi connectivity index (χ3n) is 7.59. The summed E-state index contributed by atoms with van der Waals surface area (Å²) >= 11 is 0. The van der Waals surface area contributed by atoms with Crippen LogP contribution in [0.3, 0.4) is 0 Å². The molecular weight excluding hydrogens is 533 g/mol. The van der Waals surface area contributed by atoms with Crippen molar-refractivity contribution in [2.24, 2.45) is 5.73 Å². The molecule has 42 heavy (non-hydrogen) atoms. The Bertz CT molecular complexity index is 1760. The van der Waals surface area contributed by atoms with Crippen LogP contribution in [0.15, 0.2) is 97.2 Å². The van der Waals surface area contributed by atoms with E-state index in [2.05, 4.69) is 15.5 Å². The molecule has 2 amide bonds. The minimum Gasteiger partial charge on any atom is -0.393 e. The fourth-order valence-electron chi connectivity index (χ4n) is 5.23. The first-order valence-electron chi connectivity index (χ1n) is 13.8. The van der Waals surface area contributed by atoms with Crippen molar-refractivity contribution in [3.05, 3.63) is 114 Å². The molecule has 1 aliphatic heterocycles. The lowest BCUT2D eigenvalue weighted by Gasteiger charge is -2.31. The topological polar surface area (TPSA) is 113 Å². The van der Waals surface area contributed by atoms with E-state index in [9.17, 15) is 19.1 Å². The molecule has 5 N–H and O–H groups in total. The van der Waals surface area contributed by atoms with E-state index in [4.69, 9.17) is 5.73 Å². The second kappa shape index (κ2) is 11.4. The Morgan fingerprint density at radius 1 is 0.810 bits per heavy atom. The summed E-state index contributed by atoms with van der Waals surface area (Å²) in [6.45, 7) is 1.56. The summed E-state index contributed by atoms with van der Waals surface area (Å²) in [6, 6.07) is 26.6. The zero-order valence-electron chi connectivity index (χ0n) is 22.8. The number of aliphatic hydroxyl groups is 1. The zero-order chi connectivity index (χ0) is 29.2. The SMILES string of the molecule is NC(=O)c1ccc2c(ccn2-c2ccc(Nc3ccc(NC(=O)c4ccc(N5CCC(O)CC5)cc4)cc3F)cc2)c1. The molecule has 6 rings (SSSR count). The molecule has 0 aliphatic carbocycles. The summed E-state index contributed by atoms with van der Waals surface area (Å²) in [5.41, 5.74) is 10.5. The van der Waals surface area contributed by atoms with Crippen molar-refractivity contribution in [1.82, 2.24) is 4.57 Å². The van der Waals surface area contributed by atoms with Crippen LogP contribution in [-0.2, 0) is 0 Å². The lowest BCUT2D eigenvalue weighted by atomic mass is 10.1. The van der Waals surface area contributed by atoms with Crippen molar-refractivity contribution in [2.75, 3.05) is 28.6 Å². The lowest BCUT2D eigenvalue weighted by molar-refractivity contribution is 0.0997. The molecule has 0 radical (unpaired) electrons. The van der Waals surface area contributed by atoms with Gasteiger partial charge in [0.2, 0.25) is 5.91 Å². The van der Waals surface area contributed by atoms with Crippen molar-refractivity contribution in [2.45, 2.75) is 18.9 Å². The van der Waals surface area contributed by atoms with Crippen LogP contribution in [0.4, 0.5) is 27.1 Å². The fraction of sp³-hybridized carbons (Fsp3) is 0.152. The van der Waals surface area contributed by atoms with E-state index in [1.165, 1.54) is 6.07 Å². The Morgan fingerprint density at radius 2 is 1.48 bits per heavy atom. The molecule has 212 valence electrons. The number of carbonyl (C=O) groups is 2. The van der Waals surface area contributed by atoms with Gasteiger partial charge in [0.25, 0.3) is 5.91 Å². The normalized spacial score (nSPS) is 13.7. The average Bonchev–Trinajstić information content (AvgIpc) is 3.43. The number of primary amides is 1. The van der Waals surface area contributed by atoms with E-state index >= 15 is 0 Å². The van der Waals surface area contributed by atoms with Gasteiger partial charge in [0.1, 0.15) is 5.82 Å². The molecule has 8 nitrogen and oxygen atoms in total. The molecule has 0 spiro atoms. The maximum absolute atomic E-state index is 15.0. The van der Waals surface area contributed by atoms with E-state index in [1.807, 2.05) is 59.3 Å². The van der Waals surface area contributed by atoms with Crippen molar-refractivity contribution in [1.29, 1.82) is 0 Å². The molecule has 0 saturated carbocycles. The van der Waals surface area contributed by atoms with Gasteiger partial charge in [-0.25, -0.2) is 4.39 Å². The first kappa shape index (κ1) is 27.0. The first-order valence-corrected chi connectivity index (χ1v) is 13.8. The Kier molecular flexibility index (Phi) is 7.33. The number of piperidine rings is 1. The number of anilines is 4. The van der Waals surface area contributed by atoms with Gasteiger partial charge in [-0.2, -0.15) is 0 Å². The highest BCUT2D eigenvalue weighted by molar-refractivity contribution is 6.04. The number of halogens is 1. The van der Waals surface area contributed by atoms with Gasteiger partial charge >= 0.3 is 0 Å². The largest absolute Gasteiger partial charge is 0.393 e. The second-order valence-corrected chi connectivity index (χ2v) is 10.4. The molecule has 0 bridgehead atoms. The first-order chi connectivity index (χ1) is 20.3. The van der Waals surface area contributed by atoms with Gasteiger partial charge in [0.05, 0.1) is 17.3 Å². The number of aromatic nitrogens is 1. The lowest BCUT2D eigenvalue weighted by Crippen LogP contribution is -2.35. The molecular formula is C33H30FN5O3. The molecule has 9 heteroatoms. The van der Waals surface area contributed by atoms with Gasteiger partial charge in [0, 0.05) is 58.5 Å². The van der Waals surface area contributed by atoms with Crippen molar-refractivity contribution >= 4 is 45.5 Å². The fourth-order valence-corrected chi connectivity index (χ4v) is 5.23. The maximum atomic E-state index is 15.0. The van der Waals surface area contributed by atoms with Gasteiger partial charge in [-0.05, 0) is 104 Å². The highest BCUT2D eigenvalue weighted by Gasteiger charge is 2.18. The summed E-state index contributed by atoms with van der Waals surface area (Å²) in [4.78, 5) is 26.4. The van der Waals surface area contributed by atoms with Crippen LogP contribution in [0.5, 0.6) is 0 Å². The Morgan fingerprint density at radius 3 is 2.17 bits per heavy atom. The van der Waals surface area contributed by atoms with Crippen molar-refractivity contribution in [3.63, 3.8) is 0 Å². The predicted molar refractivity (Wildman–Crippen MR) is 163 cm³/mol. The number of fused-ring (bicyclic) bond motifs is 1. The molecule has 5 aromatic rings. The van der Waals surface area contributed by atoms with Crippen LogP contribution < -0.4 is 21.3 Å². The number of nitrogens with one attached hydrogen (secondary N) is 2. The molecule has 0 atom stereocenters. The number of aliphatic hydroxyl groups excluding tert-OH is 1. The summed E-state index contributed by atoms with van der Waals surface area (Å²) in [6.07, 6.45) is 3.14. The third kappa shape index (κ3) is 5.68. The van der Waals surface area contributed by atoms with Crippen LogP contribution in [0.25, 0.3) is 16.6 Å². The van der Waals surface area contributed by atoms with Gasteiger partial charge in [0.15, 0.2) is 0 Å². The van der Waals surface area contributed by atoms with Crippen LogP contribution in [0.1, 0.15) is 33.6 Å². The monoisotopic (exact) mass is 563 g/mol. The van der Waals surface area contributed by atoms with Crippen LogP contribution >= 0.6 is 0 Å². The van der Waals surface area contributed by atoms with E-state index in [0.717, 1.165) is 48.2 Å². The Balaban J connectivity index is 1.09. The highest BCUT2D eigenvalue weighted by atomic mass is 19.1. The highest BCUT2D eigenvalue weighted by Crippen LogP contribution is 2.27. The van der Waals surface area contributed by atoms with Crippen LogP contribution in [0.2, 0.25) is 0 Å². The minimum absolute atomic E-state index is 0.244. The molecule has 2 heterocycles. The van der Waals surface area contributed by atoms with Crippen molar-refractivity contribution in [3.8, 4) is 5.69 Å². The molecule has 1 aromatic heterocycles. The van der Waals surface area contributed by atoms with Gasteiger partial charge in [-0.1, -0.05) is 0 Å². The van der Waals surface area contributed by atoms with Gasteiger partial charge in [-0.15, -0.1) is 0 Å². The molecule has 0 unspecified atom stereocenters. The molecule has 1 saturated heterocycles. The standard InChI is InChI=1S/C33H30FN5O3/c34-29-20-25(37-33(42)21-1-7-26(8-2-21)38-16-14-28(40)15-17-38)6-11-30(29)36-24-4-9-27(10-5-24)39-18-13-22-19-23(32(35)41)3-12-31(22)39/h1-13,18-20,28,36,40H,14-17H2,(H2,35,41)(H,37,42). The number of rotatable bonds is 7. The number of nitrogens with two attached hydrogens (primary N) is 1. The predicted octanol–water partition coefficient (Wildman–Crippen LogP) is 5.83. The summed E-state index contributed by atoms with van der Waals surface area (Å²) < 4.78 is 17.0. The van der Waals surface area contributed by atoms with E-state index in [0.29, 0.717) is 22.5 Å². The number of carbonyl (C=O) groups excluding carboxylic acids is 2. The van der Waals surface area contributed by atoms with Gasteiger partial charge in [-0.3, -0.25) is 9.59 Å². The minimum atomic E-state index is -0.499. The Labute approximate surface area is 242 Å². The average molecular weight is 564 g/mol. The smallest absolute Gasteiger partial charge is 0.255 e. The van der Waals surface area contributed by atoms with E-state index < -0.39 is 11.7 Å². The molecule has 4 aromatic carbocycles. The molecule has 1 fully saturated rings. The van der Waals surface area contributed by atoms with Crippen molar-refractivity contribution < 1.29 is 19.1 Å². The zero-order valence-corrected chi connectivity index (χ0v) is 22.8. The van der Waals surface area contributed by atoms with E-state index in [-0.39, 0.29) is 17.7 Å². The second-order valence-electron chi connectivity index (χ2n) is 10.4. The summed E-state index contributed by atoms with van der Waals surface area (Å²) in [5.74, 6) is -1.29. The third-order valence-corrected chi connectivity index (χ3v) is 7.59. The van der Waals surface area contributed by atoms with Gasteiger partial charge < -0.3 is 30.9 Å². The number of benzene rings is 4. The molecule has 1 aliphatic rings. The summed E-state index contributed by atoms with van der Waals surface area (Å²) in [5, 5.41) is 16.5. The maximum Gasteiger partial charge on any atom is 0.255 e. The van der Waals surface area contributed by atoms with E-state index in [1.54, 1.807) is 36.4 Å². The van der Waals surface area contributed by atoms with Crippen LogP contribution in [-0.4, -0.2) is 40.7 Å². The number of nitrogens with zero attached hydrogens (tertiary/aromatic N) is 2.